The lowest BCUT2D eigenvalue weighted by molar-refractivity contribution is -0.155. The van der Waals surface area contributed by atoms with E-state index >= 15 is 0 Å². The van der Waals surface area contributed by atoms with Crippen LogP contribution in [0, 0.1) is 0 Å². The molecular formula is C28H27N3O5. The number of esters is 1. The highest BCUT2D eigenvalue weighted by atomic mass is 16.6. The molecule has 1 aliphatic rings. The van der Waals surface area contributed by atoms with Crippen LogP contribution in [0.5, 0.6) is 5.75 Å². The summed E-state index contributed by atoms with van der Waals surface area (Å²) in [4.78, 5) is 36.5. The number of benzene rings is 3. The normalized spacial score (nSPS) is 13.7. The maximum atomic E-state index is 12.7. The molecule has 0 saturated heterocycles. The molecule has 0 saturated carbocycles. The molecule has 3 aromatic carbocycles. The van der Waals surface area contributed by atoms with Crippen LogP contribution in [-0.2, 0) is 32.1 Å². The molecule has 1 atom stereocenters. The maximum Gasteiger partial charge on any atom is 0.344 e. The van der Waals surface area contributed by atoms with Crippen LogP contribution in [0.3, 0.4) is 0 Å². The van der Waals surface area contributed by atoms with Gasteiger partial charge >= 0.3 is 5.97 Å². The lowest BCUT2D eigenvalue weighted by Gasteiger charge is -2.18. The molecule has 0 radical (unpaired) electrons. The molecule has 1 aliphatic heterocycles. The Morgan fingerprint density at radius 2 is 1.83 bits per heavy atom. The predicted molar refractivity (Wildman–Crippen MR) is 138 cm³/mol. The van der Waals surface area contributed by atoms with Crippen LogP contribution in [0.4, 0.5) is 11.4 Å². The lowest BCUT2D eigenvalue weighted by Crippen LogP contribution is -2.31. The smallest absolute Gasteiger partial charge is 0.344 e. The minimum Gasteiger partial charge on any atom is -0.482 e. The third kappa shape index (κ3) is 4.62. The molecule has 1 aromatic heterocycles. The van der Waals surface area contributed by atoms with Crippen molar-refractivity contribution in [3.05, 3.63) is 66.2 Å². The van der Waals surface area contributed by atoms with Gasteiger partial charge in [-0.3, -0.25) is 9.59 Å². The van der Waals surface area contributed by atoms with E-state index in [-0.39, 0.29) is 12.5 Å². The minimum atomic E-state index is -0.993. The van der Waals surface area contributed by atoms with Crippen molar-refractivity contribution >= 4 is 51.0 Å². The monoisotopic (exact) mass is 485 g/mol. The number of rotatable bonds is 7. The first-order valence-corrected chi connectivity index (χ1v) is 12.0. The standard InChI is InChI=1S/C28H27N3O5/c1-3-31-24-7-5-4-6-21(24)22-15-19(9-12-25(22)31)29-28(34)17(2)36-27(33)16-35-20-10-11-23-18(14-20)8-13-26(32)30-23/h4-7,9-12,14-15,17H,3,8,13,16H2,1-2H3,(H,29,34)(H,30,32). The maximum absolute atomic E-state index is 12.7. The molecule has 0 fully saturated rings. The number of hydrogen-bond donors (Lipinski definition) is 2. The average Bonchev–Trinajstić information content (AvgIpc) is 3.20. The molecule has 0 bridgehead atoms. The number of hydrogen-bond acceptors (Lipinski definition) is 5. The van der Waals surface area contributed by atoms with E-state index < -0.39 is 18.0 Å². The topological polar surface area (TPSA) is 98.7 Å². The van der Waals surface area contributed by atoms with Crippen molar-refractivity contribution in [3.63, 3.8) is 0 Å². The fourth-order valence-electron chi connectivity index (χ4n) is 4.59. The highest BCUT2D eigenvalue weighted by Gasteiger charge is 2.20. The second kappa shape index (κ2) is 9.73. The molecular weight excluding hydrogens is 458 g/mol. The van der Waals surface area contributed by atoms with Gasteiger partial charge in [0.2, 0.25) is 5.91 Å². The number of anilines is 2. The average molecular weight is 486 g/mol. The summed E-state index contributed by atoms with van der Waals surface area (Å²) in [5.74, 6) is -0.588. The van der Waals surface area contributed by atoms with Gasteiger partial charge in [0.1, 0.15) is 5.75 Å². The number of carbonyl (C=O) groups excluding carboxylic acids is 3. The summed E-state index contributed by atoms with van der Waals surface area (Å²) in [6.45, 7) is 4.14. The Morgan fingerprint density at radius 1 is 1.03 bits per heavy atom. The van der Waals surface area contributed by atoms with Crippen LogP contribution in [-0.4, -0.2) is 35.1 Å². The number of fused-ring (bicyclic) bond motifs is 4. The SMILES string of the molecule is CCn1c2ccccc2c2cc(NC(=O)C(C)OC(=O)COc3ccc4c(c3)CCC(=O)N4)ccc21. The summed E-state index contributed by atoms with van der Waals surface area (Å²) in [6, 6.07) is 19.2. The summed E-state index contributed by atoms with van der Waals surface area (Å²) < 4.78 is 13.1. The summed E-state index contributed by atoms with van der Waals surface area (Å²) in [5, 5.41) is 7.81. The number of amides is 2. The minimum absolute atomic E-state index is 0.0142. The second-order valence-electron chi connectivity index (χ2n) is 8.77. The molecule has 184 valence electrons. The van der Waals surface area contributed by atoms with Crippen LogP contribution in [0.1, 0.15) is 25.8 Å². The van der Waals surface area contributed by atoms with E-state index in [0.29, 0.717) is 24.3 Å². The number of aryl methyl sites for hydroxylation is 2. The van der Waals surface area contributed by atoms with Gasteiger partial charge in [-0.1, -0.05) is 18.2 Å². The predicted octanol–water partition coefficient (Wildman–Crippen LogP) is 4.65. The summed E-state index contributed by atoms with van der Waals surface area (Å²) in [5.41, 5.74) is 4.57. The molecule has 1 unspecified atom stereocenters. The molecule has 2 N–H and O–H groups in total. The van der Waals surface area contributed by atoms with Gasteiger partial charge in [0.05, 0.1) is 0 Å². The Morgan fingerprint density at radius 3 is 2.67 bits per heavy atom. The van der Waals surface area contributed by atoms with Crippen molar-refractivity contribution in [1.82, 2.24) is 4.57 Å². The van der Waals surface area contributed by atoms with E-state index in [0.717, 1.165) is 39.6 Å². The van der Waals surface area contributed by atoms with Gasteiger partial charge < -0.3 is 24.7 Å². The van der Waals surface area contributed by atoms with Crippen LogP contribution in [0.25, 0.3) is 21.8 Å². The first kappa shape index (κ1) is 23.4. The van der Waals surface area contributed by atoms with Gasteiger partial charge in [-0.15, -0.1) is 0 Å². The Bertz CT molecular complexity index is 1490. The summed E-state index contributed by atoms with van der Waals surface area (Å²) in [6.07, 6.45) is 0.0382. The third-order valence-electron chi connectivity index (χ3n) is 6.36. The van der Waals surface area contributed by atoms with Crippen LogP contribution < -0.4 is 15.4 Å². The number of carbonyl (C=O) groups is 3. The fraction of sp³-hybridized carbons (Fsp3) is 0.250. The first-order chi connectivity index (χ1) is 17.4. The largest absolute Gasteiger partial charge is 0.482 e. The second-order valence-corrected chi connectivity index (χ2v) is 8.77. The Balaban J connectivity index is 1.20. The van der Waals surface area contributed by atoms with Crippen molar-refractivity contribution in [2.75, 3.05) is 17.2 Å². The highest BCUT2D eigenvalue weighted by molar-refractivity contribution is 6.10. The van der Waals surface area contributed by atoms with Gasteiger partial charge in [-0.25, -0.2) is 4.79 Å². The fourth-order valence-corrected chi connectivity index (χ4v) is 4.59. The van der Waals surface area contributed by atoms with Crippen LogP contribution in [0.15, 0.2) is 60.7 Å². The number of para-hydroxylation sites is 1. The molecule has 36 heavy (non-hydrogen) atoms. The van der Waals surface area contributed by atoms with Gasteiger partial charge in [0.15, 0.2) is 12.7 Å². The molecule has 0 spiro atoms. The third-order valence-corrected chi connectivity index (χ3v) is 6.36. The number of ether oxygens (including phenoxy) is 2. The zero-order valence-electron chi connectivity index (χ0n) is 20.2. The molecule has 8 nitrogen and oxygen atoms in total. The quantitative estimate of drug-likeness (QED) is 0.372. The molecule has 0 aliphatic carbocycles. The summed E-state index contributed by atoms with van der Waals surface area (Å²) >= 11 is 0. The highest BCUT2D eigenvalue weighted by Crippen LogP contribution is 2.31. The zero-order valence-corrected chi connectivity index (χ0v) is 20.2. The van der Waals surface area contributed by atoms with Crippen LogP contribution in [0.2, 0.25) is 0 Å². The van der Waals surface area contributed by atoms with Crippen molar-refractivity contribution < 1.29 is 23.9 Å². The number of nitrogens with one attached hydrogen (secondary N) is 2. The van der Waals surface area contributed by atoms with Crippen molar-refractivity contribution in [3.8, 4) is 5.75 Å². The van der Waals surface area contributed by atoms with E-state index in [4.69, 9.17) is 9.47 Å². The lowest BCUT2D eigenvalue weighted by atomic mass is 10.0. The number of nitrogens with zero attached hydrogens (tertiary/aromatic N) is 1. The van der Waals surface area contributed by atoms with Crippen LogP contribution >= 0.6 is 0 Å². The van der Waals surface area contributed by atoms with Gasteiger partial charge in [0.25, 0.3) is 5.91 Å². The molecule has 8 heteroatoms. The molecule has 4 aromatic rings. The molecule has 2 heterocycles. The van der Waals surface area contributed by atoms with Crippen molar-refractivity contribution in [2.24, 2.45) is 0 Å². The Hall–Kier alpha value is -4.33. The molecule has 2 amide bonds. The Labute approximate surface area is 208 Å². The van der Waals surface area contributed by atoms with E-state index in [9.17, 15) is 14.4 Å². The molecule has 5 rings (SSSR count). The van der Waals surface area contributed by atoms with Crippen molar-refractivity contribution in [1.29, 1.82) is 0 Å². The Kier molecular flexibility index (Phi) is 6.33. The van der Waals surface area contributed by atoms with Gasteiger partial charge in [-0.2, -0.15) is 0 Å². The van der Waals surface area contributed by atoms with Gasteiger partial charge in [-0.05, 0) is 68.3 Å². The first-order valence-electron chi connectivity index (χ1n) is 12.0. The van der Waals surface area contributed by atoms with E-state index in [1.165, 1.54) is 6.92 Å². The summed E-state index contributed by atoms with van der Waals surface area (Å²) in [7, 11) is 0. The number of aromatic nitrogens is 1. The van der Waals surface area contributed by atoms with E-state index in [1.54, 1.807) is 18.2 Å². The van der Waals surface area contributed by atoms with E-state index in [1.807, 2.05) is 30.3 Å². The van der Waals surface area contributed by atoms with Crippen molar-refractivity contribution in [2.45, 2.75) is 39.3 Å². The zero-order chi connectivity index (χ0) is 25.2. The van der Waals surface area contributed by atoms with Gasteiger partial charge in [0, 0.05) is 46.1 Å². The van der Waals surface area contributed by atoms with E-state index in [2.05, 4.69) is 34.3 Å².